The number of carbonyl (C=O) groups is 1. The first-order valence-electron chi connectivity index (χ1n) is 12.0. The molecule has 0 fully saturated rings. The lowest BCUT2D eigenvalue weighted by Crippen LogP contribution is -2.27. The van der Waals surface area contributed by atoms with E-state index in [0.717, 1.165) is 6.07 Å². The molecule has 0 atom stereocenters. The highest BCUT2D eigenvalue weighted by atomic mass is 35.5. The van der Waals surface area contributed by atoms with Gasteiger partial charge in [0.05, 0.1) is 51.5 Å². The van der Waals surface area contributed by atoms with Crippen LogP contribution < -0.4 is 10.3 Å². The van der Waals surface area contributed by atoms with Crippen molar-refractivity contribution < 1.29 is 27.4 Å². The summed E-state index contributed by atoms with van der Waals surface area (Å²) < 4.78 is 52.7. The molecule has 2 aromatic carbocycles. The maximum atomic E-state index is 13.3. The number of halogens is 5. The van der Waals surface area contributed by atoms with Gasteiger partial charge < -0.3 is 9.47 Å². The standard InChI is InChI=1S/C28H17Cl2F3N4O4S/c1-13-35-20-8-15(28(31,32)33)7-14(11-34)23(20)26(38)37(13)5-6-41-21-4-3-16(29)9-17(21)18-10-22(30)36-24-19(27(39)40-2)12-42-25(18)24/h3-4,7-10,12H,5-6H2,1-2H3. The molecule has 0 amide bonds. The van der Waals surface area contributed by atoms with Gasteiger partial charge in [0.15, 0.2) is 0 Å². The number of ether oxygens (including phenoxy) is 2. The van der Waals surface area contributed by atoms with Crippen LogP contribution in [0.1, 0.15) is 27.3 Å². The second kappa shape index (κ2) is 11.2. The van der Waals surface area contributed by atoms with E-state index >= 15 is 0 Å². The molecule has 5 rings (SSSR count). The van der Waals surface area contributed by atoms with E-state index in [0.29, 0.717) is 38.2 Å². The fourth-order valence-corrected chi connectivity index (χ4v) is 5.86. The second-order valence-corrected chi connectivity index (χ2v) is 10.6. The van der Waals surface area contributed by atoms with Crippen molar-refractivity contribution in [3.8, 4) is 22.9 Å². The van der Waals surface area contributed by atoms with Gasteiger partial charge in [-0.15, -0.1) is 11.3 Å². The Morgan fingerprint density at radius 1 is 1.14 bits per heavy atom. The molecule has 8 nitrogen and oxygen atoms in total. The molecule has 5 aromatic rings. The zero-order chi connectivity index (χ0) is 30.3. The number of methoxy groups -OCH3 is 1. The fourth-order valence-electron chi connectivity index (χ4n) is 4.49. The number of nitriles is 1. The molecule has 0 radical (unpaired) electrons. The lowest BCUT2D eigenvalue weighted by atomic mass is 10.0. The van der Waals surface area contributed by atoms with Gasteiger partial charge in [-0.25, -0.2) is 14.8 Å². The minimum absolute atomic E-state index is 0.0282. The number of carbonyl (C=O) groups excluding carboxylic acids is 1. The van der Waals surface area contributed by atoms with Crippen LogP contribution in [0.3, 0.4) is 0 Å². The number of alkyl halides is 3. The van der Waals surface area contributed by atoms with Gasteiger partial charge >= 0.3 is 12.1 Å². The van der Waals surface area contributed by atoms with Crippen LogP contribution in [-0.2, 0) is 17.5 Å². The number of hydrogen-bond donors (Lipinski definition) is 0. The van der Waals surface area contributed by atoms with Crippen molar-refractivity contribution in [1.29, 1.82) is 5.26 Å². The molecule has 14 heteroatoms. The van der Waals surface area contributed by atoms with Crippen LogP contribution in [0.15, 0.2) is 46.6 Å². The van der Waals surface area contributed by atoms with Crippen molar-refractivity contribution in [3.63, 3.8) is 0 Å². The van der Waals surface area contributed by atoms with E-state index in [1.807, 2.05) is 0 Å². The molecule has 0 bridgehead atoms. The topological polar surface area (TPSA) is 107 Å². The van der Waals surface area contributed by atoms with Crippen LogP contribution in [0.2, 0.25) is 10.2 Å². The molecule has 0 spiro atoms. The Morgan fingerprint density at radius 2 is 1.90 bits per heavy atom. The minimum Gasteiger partial charge on any atom is -0.491 e. The number of fused-ring (bicyclic) bond motifs is 2. The van der Waals surface area contributed by atoms with Gasteiger partial charge in [-0.2, -0.15) is 18.4 Å². The Hall–Kier alpha value is -4.18. The average Bonchev–Trinajstić information content (AvgIpc) is 3.37. The van der Waals surface area contributed by atoms with Crippen molar-refractivity contribution in [3.05, 3.63) is 84.8 Å². The smallest absolute Gasteiger partial charge is 0.416 e. The molecule has 3 heterocycles. The van der Waals surface area contributed by atoms with Gasteiger partial charge in [-0.05, 0) is 43.3 Å². The second-order valence-electron chi connectivity index (χ2n) is 8.94. The van der Waals surface area contributed by atoms with Gasteiger partial charge in [0.25, 0.3) is 5.56 Å². The normalized spacial score (nSPS) is 11.6. The third-order valence-electron chi connectivity index (χ3n) is 6.40. The third kappa shape index (κ3) is 5.38. The molecule has 0 aliphatic carbocycles. The van der Waals surface area contributed by atoms with Crippen molar-refractivity contribution in [2.24, 2.45) is 0 Å². The summed E-state index contributed by atoms with van der Waals surface area (Å²) in [5.41, 5.74) is -0.627. The van der Waals surface area contributed by atoms with Crippen LogP contribution in [0.25, 0.3) is 32.2 Å². The van der Waals surface area contributed by atoms with Crippen molar-refractivity contribution in [1.82, 2.24) is 14.5 Å². The van der Waals surface area contributed by atoms with Gasteiger partial charge in [0.2, 0.25) is 0 Å². The van der Waals surface area contributed by atoms with Gasteiger partial charge in [0, 0.05) is 21.5 Å². The highest BCUT2D eigenvalue weighted by Gasteiger charge is 2.32. The third-order valence-corrected chi connectivity index (χ3v) is 7.83. The summed E-state index contributed by atoms with van der Waals surface area (Å²) in [6.07, 6.45) is -4.71. The quantitative estimate of drug-likeness (QED) is 0.146. The Labute approximate surface area is 249 Å². The summed E-state index contributed by atoms with van der Waals surface area (Å²) in [5, 5.41) is 11.4. The Kier molecular flexibility index (Phi) is 7.85. The Morgan fingerprint density at radius 3 is 2.60 bits per heavy atom. The summed E-state index contributed by atoms with van der Waals surface area (Å²) in [6.45, 7) is 1.40. The molecule has 214 valence electrons. The van der Waals surface area contributed by atoms with Gasteiger partial charge in [-0.3, -0.25) is 9.36 Å². The lowest BCUT2D eigenvalue weighted by molar-refractivity contribution is -0.137. The molecular formula is C28H17Cl2F3N4O4S. The van der Waals surface area contributed by atoms with Crippen LogP contribution in [0, 0.1) is 18.3 Å². The summed E-state index contributed by atoms with van der Waals surface area (Å²) in [7, 11) is 1.26. The van der Waals surface area contributed by atoms with E-state index in [1.54, 1.807) is 35.7 Å². The molecule has 0 unspecified atom stereocenters. The van der Waals surface area contributed by atoms with E-state index in [-0.39, 0.29) is 40.6 Å². The molecule has 0 saturated heterocycles. The number of aromatic nitrogens is 3. The minimum atomic E-state index is -4.71. The predicted octanol–water partition coefficient (Wildman–Crippen LogP) is 7.04. The number of nitrogens with zero attached hydrogens (tertiary/aromatic N) is 4. The number of pyridine rings is 1. The fraction of sp³-hybridized carbons (Fsp3) is 0.179. The van der Waals surface area contributed by atoms with E-state index in [9.17, 15) is 28.0 Å². The first kappa shape index (κ1) is 29.3. The molecule has 0 aliphatic rings. The molecule has 3 aromatic heterocycles. The van der Waals surface area contributed by atoms with E-state index in [2.05, 4.69) is 9.97 Å². The van der Waals surface area contributed by atoms with E-state index < -0.39 is 28.8 Å². The van der Waals surface area contributed by atoms with Crippen LogP contribution in [-0.4, -0.2) is 34.2 Å². The maximum Gasteiger partial charge on any atom is 0.416 e. The zero-order valence-electron chi connectivity index (χ0n) is 21.7. The summed E-state index contributed by atoms with van der Waals surface area (Å²) >= 11 is 13.9. The largest absolute Gasteiger partial charge is 0.491 e. The van der Waals surface area contributed by atoms with Crippen LogP contribution >= 0.6 is 34.5 Å². The SMILES string of the molecule is COC(=O)c1csc2c(-c3cc(Cl)ccc3OCCn3c(C)nc4cc(C(F)(F)F)cc(C#N)c4c3=O)cc(Cl)nc12. The van der Waals surface area contributed by atoms with Crippen molar-refractivity contribution in [2.75, 3.05) is 13.7 Å². The van der Waals surface area contributed by atoms with Crippen molar-refractivity contribution >= 4 is 61.6 Å². The van der Waals surface area contributed by atoms with E-state index in [1.165, 1.54) is 29.9 Å². The first-order chi connectivity index (χ1) is 19.9. The molecule has 0 N–H and O–H groups in total. The molecular weight excluding hydrogens is 616 g/mol. The predicted molar refractivity (Wildman–Crippen MR) is 152 cm³/mol. The molecule has 0 aliphatic heterocycles. The van der Waals surface area contributed by atoms with E-state index in [4.69, 9.17) is 32.7 Å². The molecule has 0 saturated carbocycles. The highest BCUT2D eigenvalue weighted by Crippen LogP contribution is 2.41. The number of esters is 1. The molecule has 42 heavy (non-hydrogen) atoms. The van der Waals surface area contributed by atoms with Gasteiger partial charge in [0.1, 0.15) is 29.4 Å². The highest BCUT2D eigenvalue weighted by molar-refractivity contribution is 7.18. The summed E-state index contributed by atoms with van der Waals surface area (Å²) in [6, 6.07) is 9.58. The van der Waals surface area contributed by atoms with Crippen LogP contribution in [0.4, 0.5) is 13.2 Å². The number of hydrogen-bond acceptors (Lipinski definition) is 8. The number of aryl methyl sites for hydroxylation is 1. The average molecular weight is 633 g/mol. The Bertz CT molecular complexity index is 2000. The van der Waals surface area contributed by atoms with Crippen molar-refractivity contribution in [2.45, 2.75) is 19.6 Å². The zero-order valence-corrected chi connectivity index (χ0v) is 24.0. The van der Waals surface area contributed by atoms with Crippen LogP contribution in [0.5, 0.6) is 5.75 Å². The maximum absolute atomic E-state index is 13.3. The first-order valence-corrected chi connectivity index (χ1v) is 13.7. The Balaban J connectivity index is 1.51. The van der Waals surface area contributed by atoms with Gasteiger partial charge in [-0.1, -0.05) is 23.2 Å². The number of thiophene rings is 1. The lowest BCUT2D eigenvalue weighted by Gasteiger charge is -2.16. The summed E-state index contributed by atoms with van der Waals surface area (Å²) in [5.74, 6) is -0.0429. The monoisotopic (exact) mass is 632 g/mol. The number of benzene rings is 2. The summed E-state index contributed by atoms with van der Waals surface area (Å²) in [4.78, 5) is 34.0. The number of rotatable bonds is 6.